The van der Waals surface area contributed by atoms with Crippen LogP contribution in [0.1, 0.15) is 38.7 Å². The molecule has 0 aliphatic carbocycles. The molecule has 2 aromatic carbocycles. The molecule has 174 valence electrons. The van der Waals surface area contributed by atoms with Crippen molar-refractivity contribution < 1.29 is 24.3 Å². The molecule has 0 bridgehead atoms. The number of urea groups is 1. The van der Waals surface area contributed by atoms with Crippen LogP contribution in [-0.4, -0.2) is 40.5 Å². The maximum Gasteiger partial charge on any atom is 0.336 e. The zero-order valence-electron chi connectivity index (χ0n) is 17.8. The Labute approximate surface area is 200 Å². The molecule has 0 aliphatic rings. The van der Waals surface area contributed by atoms with Gasteiger partial charge in [0, 0.05) is 17.7 Å². The Bertz CT molecular complexity index is 1200. The predicted octanol–water partition coefficient (Wildman–Crippen LogP) is 3.45. The number of carbonyl (C=O) groups is 4. The Morgan fingerprint density at radius 2 is 1.74 bits per heavy atom. The summed E-state index contributed by atoms with van der Waals surface area (Å²) in [7, 11) is 0. The first-order valence-corrected chi connectivity index (χ1v) is 10.6. The molecule has 0 fully saturated rings. The van der Waals surface area contributed by atoms with E-state index in [0.29, 0.717) is 5.56 Å². The summed E-state index contributed by atoms with van der Waals surface area (Å²) in [6.45, 7) is 0.0182. The fraction of sp³-hybridized carbons (Fsp3) is 0.125. The van der Waals surface area contributed by atoms with Gasteiger partial charge in [0.1, 0.15) is 5.69 Å². The molecule has 1 aromatic heterocycles. The van der Waals surface area contributed by atoms with Crippen LogP contribution in [0.5, 0.6) is 0 Å². The Hall–Kier alpha value is -4.08. The second-order valence-electron chi connectivity index (χ2n) is 7.22. The zero-order chi connectivity index (χ0) is 24.7. The van der Waals surface area contributed by atoms with E-state index in [1.165, 1.54) is 36.5 Å². The van der Waals surface area contributed by atoms with E-state index < -0.39 is 29.7 Å². The SMILES string of the molecule is NC[C@H](CC(=O)O)c1ccc(Cl)c(N(C(=O)NC(=O)c2ccccn2)C(=O)c2ccccc2)c1. The lowest BCUT2D eigenvalue weighted by molar-refractivity contribution is -0.137. The fourth-order valence-corrected chi connectivity index (χ4v) is 3.44. The van der Waals surface area contributed by atoms with Gasteiger partial charge < -0.3 is 10.8 Å². The van der Waals surface area contributed by atoms with Crippen LogP contribution in [0, 0.1) is 0 Å². The van der Waals surface area contributed by atoms with Crippen molar-refractivity contribution in [1.82, 2.24) is 10.3 Å². The largest absolute Gasteiger partial charge is 0.481 e. The predicted molar refractivity (Wildman–Crippen MR) is 126 cm³/mol. The van der Waals surface area contributed by atoms with Crippen molar-refractivity contribution in [2.45, 2.75) is 12.3 Å². The number of aromatic nitrogens is 1. The molecule has 10 heteroatoms. The molecule has 1 atom stereocenters. The summed E-state index contributed by atoms with van der Waals surface area (Å²) in [6.07, 6.45) is 1.14. The first-order chi connectivity index (χ1) is 16.3. The van der Waals surface area contributed by atoms with Gasteiger partial charge in [-0.25, -0.2) is 9.69 Å². The van der Waals surface area contributed by atoms with Crippen molar-refractivity contribution in [3.63, 3.8) is 0 Å². The normalized spacial score (nSPS) is 11.4. The molecule has 0 spiro atoms. The van der Waals surface area contributed by atoms with Gasteiger partial charge in [-0.3, -0.25) is 24.7 Å². The van der Waals surface area contributed by atoms with Crippen LogP contribution < -0.4 is 16.0 Å². The summed E-state index contributed by atoms with van der Waals surface area (Å²) in [5.74, 6) is -3.19. The molecule has 34 heavy (non-hydrogen) atoms. The Kier molecular flexibility index (Phi) is 8.07. The van der Waals surface area contributed by atoms with E-state index in [2.05, 4.69) is 10.3 Å². The number of hydrogen-bond donors (Lipinski definition) is 3. The minimum Gasteiger partial charge on any atom is -0.481 e. The summed E-state index contributed by atoms with van der Waals surface area (Å²) in [4.78, 5) is 54.9. The Morgan fingerprint density at radius 3 is 2.35 bits per heavy atom. The highest BCUT2D eigenvalue weighted by Crippen LogP contribution is 2.32. The number of carboxylic acid groups (broad SMARTS) is 1. The van der Waals surface area contributed by atoms with Gasteiger partial charge in [-0.15, -0.1) is 0 Å². The molecule has 0 unspecified atom stereocenters. The fourth-order valence-electron chi connectivity index (χ4n) is 3.24. The number of hydrogen-bond acceptors (Lipinski definition) is 6. The Balaban J connectivity index is 2.04. The van der Waals surface area contributed by atoms with Crippen molar-refractivity contribution >= 4 is 41.1 Å². The second kappa shape index (κ2) is 11.2. The summed E-state index contributed by atoms with van der Waals surface area (Å²) in [6, 6.07) is 16.0. The van der Waals surface area contributed by atoms with Crippen LogP contribution in [0.3, 0.4) is 0 Å². The number of anilines is 1. The minimum absolute atomic E-state index is 0.0182. The highest BCUT2D eigenvalue weighted by molar-refractivity contribution is 6.36. The number of carbonyl (C=O) groups excluding carboxylic acids is 3. The number of imide groups is 2. The maximum atomic E-state index is 13.3. The van der Waals surface area contributed by atoms with Crippen LogP contribution in [-0.2, 0) is 4.79 Å². The van der Waals surface area contributed by atoms with Gasteiger partial charge in [-0.1, -0.05) is 41.9 Å². The van der Waals surface area contributed by atoms with Gasteiger partial charge in [0.15, 0.2) is 0 Å². The van der Waals surface area contributed by atoms with Gasteiger partial charge in [0.05, 0.1) is 17.1 Å². The summed E-state index contributed by atoms with van der Waals surface area (Å²) in [5, 5.41) is 11.4. The van der Waals surface area contributed by atoms with Gasteiger partial charge in [0.25, 0.3) is 11.8 Å². The Morgan fingerprint density at radius 1 is 1.03 bits per heavy atom. The topological polar surface area (TPSA) is 143 Å². The lowest BCUT2D eigenvalue weighted by Gasteiger charge is -2.24. The lowest BCUT2D eigenvalue weighted by atomic mass is 9.95. The van der Waals surface area contributed by atoms with E-state index >= 15 is 0 Å². The number of halogens is 1. The van der Waals surface area contributed by atoms with E-state index in [9.17, 15) is 24.3 Å². The second-order valence-corrected chi connectivity index (χ2v) is 7.63. The molecule has 4 amide bonds. The van der Waals surface area contributed by atoms with Crippen molar-refractivity contribution in [3.8, 4) is 0 Å². The number of aliphatic carboxylic acids is 1. The maximum absolute atomic E-state index is 13.3. The summed E-state index contributed by atoms with van der Waals surface area (Å²) < 4.78 is 0. The molecule has 0 saturated carbocycles. The third-order valence-corrected chi connectivity index (χ3v) is 5.25. The number of benzene rings is 2. The van der Waals surface area contributed by atoms with Crippen molar-refractivity contribution in [1.29, 1.82) is 0 Å². The van der Waals surface area contributed by atoms with Gasteiger partial charge >= 0.3 is 12.0 Å². The van der Waals surface area contributed by atoms with Crippen LogP contribution in [0.2, 0.25) is 5.02 Å². The molecular formula is C24H21ClN4O5. The highest BCUT2D eigenvalue weighted by Gasteiger charge is 2.29. The monoisotopic (exact) mass is 480 g/mol. The molecule has 0 saturated heterocycles. The average Bonchev–Trinajstić information content (AvgIpc) is 2.84. The van der Waals surface area contributed by atoms with Gasteiger partial charge in [-0.2, -0.15) is 0 Å². The van der Waals surface area contributed by atoms with Crippen LogP contribution in [0.25, 0.3) is 0 Å². The van der Waals surface area contributed by atoms with Crippen LogP contribution in [0.15, 0.2) is 72.9 Å². The quantitative estimate of drug-likeness (QED) is 0.470. The number of carboxylic acids is 1. The van der Waals surface area contributed by atoms with E-state index in [0.717, 1.165) is 4.90 Å². The van der Waals surface area contributed by atoms with E-state index in [4.69, 9.17) is 17.3 Å². The molecule has 9 nitrogen and oxygen atoms in total. The molecule has 4 N–H and O–H groups in total. The first-order valence-electron chi connectivity index (χ1n) is 10.2. The third kappa shape index (κ3) is 5.83. The van der Waals surface area contributed by atoms with Gasteiger partial charge in [-0.05, 0) is 48.5 Å². The van der Waals surface area contributed by atoms with E-state index in [-0.39, 0.29) is 34.9 Å². The summed E-state index contributed by atoms with van der Waals surface area (Å²) >= 11 is 6.35. The summed E-state index contributed by atoms with van der Waals surface area (Å²) in [5.41, 5.74) is 6.35. The smallest absolute Gasteiger partial charge is 0.336 e. The third-order valence-electron chi connectivity index (χ3n) is 4.93. The highest BCUT2D eigenvalue weighted by atomic mass is 35.5. The average molecular weight is 481 g/mol. The molecular weight excluding hydrogens is 460 g/mol. The lowest BCUT2D eigenvalue weighted by Crippen LogP contribution is -2.46. The van der Waals surface area contributed by atoms with Gasteiger partial charge in [0.2, 0.25) is 0 Å². The number of nitrogens with zero attached hydrogens (tertiary/aromatic N) is 2. The van der Waals surface area contributed by atoms with Crippen molar-refractivity contribution in [2.24, 2.45) is 5.73 Å². The first kappa shape index (κ1) is 24.6. The minimum atomic E-state index is -1.05. The number of amides is 4. The van der Waals surface area contributed by atoms with Crippen LogP contribution in [0.4, 0.5) is 10.5 Å². The van der Waals surface area contributed by atoms with Crippen LogP contribution >= 0.6 is 11.6 Å². The number of nitrogens with one attached hydrogen (secondary N) is 1. The van der Waals surface area contributed by atoms with Crippen molar-refractivity contribution in [3.05, 3.63) is 94.8 Å². The molecule has 3 rings (SSSR count). The van der Waals surface area contributed by atoms with Crippen molar-refractivity contribution in [2.75, 3.05) is 11.4 Å². The van der Waals surface area contributed by atoms with E-state index in [1.54, 1.807) is 36.4 Å². The number of pyridine rings is 1. The zero-order valence-corrected chi connectivity index (χ0v) is 18.6. The molecule has 3 aromatic rings. The standard InChI is InChI=1S/C24H21ClN4O5/c25-18-10-9-16(17(14-26)13-21(30)31)12-20(18)29(23(33)15-6-2-1-3-7-15)24(34)28-22(32)19-8-4-5-11-27-19/h1-12,17H,13-14,26H2,(H,30,31)(H,28,32,34)/t17-/m0/s1. The molecule has 0 radical (unpaired) electrons. The molecule has 1 heterocycles. The number of rotatable bonds is 7. The molecule has 0 aliphatic heterocycles. The number of nitrogens with two attached hydrogens (primary N) is 1. The van der Waals surface area contributed by atoms with E-state index in [1.807, 2.05) is 0 Å².